The third-order valence-corrected chi connectivity index (χ3v) is 1.97. The zero-order valence-corrected chi connectivity index (χ0v) is 8.92. The Kier molecular flexibility index (Phi) is 4.32. The van der Waals surface area contributed by atoms with Crippen molar-refractivity contribution in [1.29, 1.82) is 0 Å². The van der Waals surface area contributed by atoms with E-state index in [9.17, 15) is 9.59 Å². The summed E-state index contributed by atoms with van der Waals surface area (Å²) in [4.78, 5) is 23.1. The SMILES string of the molecule is CN(CCC(=O)O)C(=O)/C=C/c1ccco1. The number of amides is 1. The van der Waals surface area contributed by atoms with Gasteiger partial charge in [0.2, 0.25) is 5.91 Å². The number of aliphatic carboxylic acids is 1. The molecule has 0 aliphatic rings. The molecule has 0 aliphatic carbocycles. The molecule has 16 heavy (non-hydrogen) atoms. The summed E-state index contributed by atoms with van der Waals surface area (Å²) < 4.78 is 5.01. The fourth-order valence-electron chi connectivity index (χ4n) is 1.04. The molecule has 0 aromatic carbocycles. The van der Waals surface area contributed by atoms with E-state index < -0.39 is 5.97 Å². The molecule has 0 radical (unpaired) electrons. The van der Waals surface area contributed by atoms with Crippen LogP contribution in [0.4, 0.5) is 0 Å². The molecular formula is C11H13NO4. The van der Waals surface area contributed by atoms with Crippen LogP contribution in [0.2, 0.25) is 0 Å². The van der Waals surface area contributed by atoms with E-state index >= 15 is 0 Å². The number of hydrogen-bond donors (Lipinski definition) is 1. The van der Waals surface area contributed by atoms with Crippen LogP contribution in [0, 0.1) is 0 Å². The summed E-state index contributed by atoms with van der Waals surface area (Å²) in [7, 11) is 1.55. The number of carboxylic acid groups (broad SMARTS) is 1. The number of hydrogen-bond acceptors (Lipinski definition) is 3. The lowest BCUT2D eigenvalue weighted by Crippen LogP contribution is -2.27. The lowest BCUT2D eigenvalue weighted by molar-refractivity contribution is -0.137. The smallest absolute Gasteiger partial charge is 0.305 e. The maximum Gasteiger partial charge on any atom is 0.305 e. The number of nitrogens with zero attached hydrogens (tertiary/aromatic N) is 1. The number of rotatable bonds is 5. The van der Waals surface area contributed by atoms with Gasteiger partial charge in [0.15, 0.2) is 0 Å². The van der Waals surface area contributed by atoms with E-state index in [-0.39, 0.29) is 18.9 Å². The highest BCUT2D eigenvalue weighted by molar-refractivity contribution is 5.91. The molecule has 5 nitrogen and oxygen atoms in total. The Balaban J connectivity index is 2.42. The summed E-state index contributed by atoms with van der Waals surface area (Å²) >= 11 is 0. The van der Waals surface area contributed by atoms with E-state index in [2.05, 4.69) is 0 Å². The van der Waals surface area contributed by atoms with E-state index in [1.807, 2.05) is 0 Å². The molecule has 0 saturated heterocycles. The molecule has 1 aromatic heterocycles. The van der Waals surface area contributed by atoms with Crippen molar-refractivity contribution in [1.82, 2.24) is 4.90 Å². The van der Waals surface area contributed by atoms with Gasteiger partial charge in [-0.05, 0) is 18.2 Å². The quantitative estimate of drug-likeness (QED) is 0.762. The normalized spacial score (nSPS) is 10.6. The van der Waals surface area contributed by atoms with Crippen LogP contribution in [0.3, 0.4) is 0 Å². The fourth-order valence-corrected chi connectivity index (χ4v) is 1.04. The second-order valence-electron chi connectivity index (χ2n) is 3.25. The Hall–Kier alpha value is -2.04. The molecule has 5 heteroatoms. The Morgan fingerprint density at radius 1 is 1.56 bits per heavy atom. The third kappa shape index (κ3) is 4.00. The first-order valence-electron chi connectivity index (χ1n) is 4.78. The second-order valence-corrected chi connectivity index (χ2v) is 3.25. The highest BCUT2D eigenvalue weighted by Crippen LogP contribution is 2.02. The van der Waals surface area contributed by atoms with Crippen LogP contribution in [0.25, 0.3) is 6.08 Å². The molecule has 1 amide bonds. The molecule has 0 fully saturated rings. The molecule has 1 heterocycles. The van der Waals surface area contributed by atoms with Crippen molar-refractivity contribution in [2.24, 2.45) is 0 Å². The van der Waals surface area contributed by atoms with Crippen molar-refractivity contribution in [3.05, 3.63) is 30.2 Å². The summed E-state index contributed by atoms with van der Waals surface area (Å²) in [6, 6.07) is 3.44. The van der Waals surface area contributed by atoms with Gasteiger partial charge in [-0.1, -0.05) is 0 Å². The Bertz CT molecular complexity index is 381. The van der Waals surface area contributed by atoms with Gasteiger partial charge in [-0.3, -0.25) is 9.59 Å². The predicted octanol–water partition coefficient (Wildman–Crippen LogP) is 1.23. The molecule has 1 aromatic rings. The van der Waals surface area contributed by atoms with E-state index in [1.165, 1.54) is 17.2 Å². The van der Waals surface area contributed by atoms with Gasteiger partial charge in [0.05, 0.1) is 12.7 Å². The molecular weight excluding hydrogens is 210 g/mol. The highest BCUT2D eigenvalue weighted by Gasteiger charge is 2.06. The van der Waals surface area contributed by atoms with Gasteiger partial charge in [-0.25, -0.2) is 0 Å². The van der Waals surface area contributed by atoms with Crippen molar-refractivity contribution in [3.63, 3.8) is 0 Å². The minimum Gasteiger partial charge on any atom is -0.481 e. The summed E-state index contributed by atoms with van der Waals surface area (Å²) in [6.07, 6.45) is 4.34. The monoisotopic (exact) mass is 223 g/mol. The van der Waals surface area contributed by atoms with Crippen molar-refractivity contribution in [2.45, 2.75) is 6.42 Å². The van der Waals surface area contributed by atoms with Crippen LogP contribution in [-0.2, 0) is 9.59 Å². The number of carboxylic acids is 1. The molecule has 0 atom stereocenters. The Labute approximate surface area is 93.0 Å². The standard InChI is InChI=1S/C11H13NO4/c1-12(7-6-11(14)15)10(13)5-4-9-3-2-8-16-9/h2-5,8H,6-7H2,1H3,(H,14,15)/b5-4+. The third-order valence-electron chi connectivity index (χ3n) is 1.97. The zero-order chi connectivity index (χ0) is 12.0. The topological polar surface area (TPSA) is 70.8 Å². The minimum absolute atomic E-state index is 0.0587. The van der Waals surface area contributed by atoms with Crippen LogP contribution in [0.5, 0.6) is 0 Å². The molecule has 0 bridgehead atoms. The number of carbonyl (C=O) groups is 2. The van der Waals surface area contributed by atoms with Crippen LogP contribution >= 0.6 is 0 Å². The summed E-state index contributed by atoms with van der Waals surface area (Å²) in [5.41, 5.74) is 0. The average Bonchev–Trinajstić information content (AvgIpc) is 2.75. The van der Waals surface area contributed by atoms with E-state index in [1.54, 1.807) is 25.3 Å². The summed E-state index contributed by atoms with van der Waals surface area (Å²) in [5.74, 6) is -0.590. The number of furan rings is 1. The molecule has 1 N–H and O–H groups in total. The minimum atomic E-state index is -0.922. The molecule has 0 saturated carbocycles. The Morgan fingerprint density at radius 3 is 2.88 bits per heavy atom. The van der Waals surface area contributed by atoms with Gasteiger partial charge < -0.3 is 14.4 Å². The first kappa shape index (κ1) is 12.0. The zero-order valence-electron chi connectivity index (χ0n) is 8.92. The van der Waals surface area contributed by atoms with E-state index in [0.29, 0.717) is 5.76 Å². The fraction of sp³-hybridized carbons (Fsp3) is 0.273. The maximum absolute atomic E-state index is 11.5. The van der Waals surface area contributed by atoms with Crippen LogP contribution < -0.4 is 0 Å². The number of likely N-dealkylation sites (N-methyl/N-ethyl adjacent to an activating group) is 1. The first-order valence-corrected chi connectivity index (χ1v) is 4.78. The van der Waals surface area contributed by atoms with Gasteiger partial charge in [0, 0.05) is 19.7 Å². The lowest BCUT2D eigenvalue weighted by Gasteiger charge is -2.12. The molecule has 86 valence electrons. The Morgan fingerprint density at radius 2 is 2.31 bits per heavy atom. The summed E-state index contributed by atoms with van der Waals surface area (Å²) in [5, 5.41) is 8.45. The summed E-state index contributed by atoms with van der Waals surface area (Å²) in [6.45, 7) is 0.191. The van der Waals surface area contributed by atoms with Gasteiger partial charge in [-0.2, -0.15) is 0 Å². The van der Waals surface area contributed by atoms with Crippen molar-refractivity contribution < 1.29 is 19.1 Å². The van der Waals surface area contributed by atoms with Gasteiger partial charge in [0.1, 0.15) is 5.76 Å². The predicted molar refractivity (Wildman–Crippen MR) is 57.6 cm³/mol. The number of carbonyl (C=O) groups excluding carboxylic acids is 1. The maximum atomic E-state index is 11.5. The molecule has 0 unspecified atom stereocenters. The highest BCUT2D eigenvalue weighted by atomic mass is 16.4. The van der Waals surface area contributed by atoms with E-state index in [4.69, 9.17) is 9.52 Å². The van der Waals surface area contributed by atoms with Crippen LogP contribution in [0.1, 0.15) is 12.2 Å². The second kappa shape index (κ2) is 5.75. The lowest BCUT2D eigenvalue weighted by atomic mass is 10.3. The van der Waals surface area contributed by atoms with Gasteiger partial charge >= 0.3 is 5.97 Å². The first-order chi connectivity index (χ1) is 7.59. The van der Waals surface area contributed by atoms with Crippen LogP contribution in [0.15, 0.2) is 28.9 Å². The molecule has 0 spiro atoms. The molecule has 0 aliphatic heterocycles. The molecule has 1 rings (SSSR count). The van der Waals surface area contributed by atoms with E-state index in [0.717, 1.165) is 0 Å². The largest absolute Gasteiger partial charge is 0.481 e. The van der Waals surface area contributed by atoms with Gasteiger partial charge in [0.25, 0.3) is 0 Å². The van der Waals surface area contributed by atoms with Crippen molar-refractivity contribution >= 4 is 18.0 Å². The van der Waals surface area contributed by atoms with Crippen molar-refractivity contribution in [3.8, 4) is 0 Å². The van der Waals surface area contributed by atoms with Crippen molar-refractivity contribution in [2.75, 3.05) is 13.6 Å². The average molecular weight is 223 g/mol. The van der Waals surface area contributed by atoms with Gasteiger partial charge in [-0.15, -0.1) is 0 Å². The van der Waals surface area contributed by atoms with Crippen LogP contribution in [-0.4, -0.2) is 35.5 Å².